The average Bonchev–Trinajstić information content (AvgIpc) is 2.30. The Balaban J connectivity index is 2.74. The summed E-state index contributed by atoms with van der Waals surface area (Å²) in [6.07, 6.45) is 0. The van der Waals surface area contributed by atoms with Gasteiger partial charge in [0.05, 0.1) is 11.4 Å². The van der Waals surface area contributed by atoms with Gasteiger partial charge in [0.2, 0.25) is 5.91 Å². The molecule has 94 valence electrons. The van der Waals surface area contributed by atoms with Crippen LogP contribution in [0.15, 0.2) is 18.2 Å². The standard InChI is InChI=1S/C13H21N3O/c1-5-16(4)13(17)10(3)15-12-7-6-9(2)8-11(12)14/h6-8,10,15H,5,14H2,1-4H3. The summed E-state index contributed by atoms with van der Waals surface area (Å²) in [5.74, 6) is 0.0625. The predicted molar refractivity (Wildman–Crippen MR) is 72.0 cm³/mol. The number of nitrogens with one attached hydrogen (secondary N) is 1. The highest BCUT2D eigenvalue weighted by atomic mass is 16.2. The van der Waals surface area contributed by atoms with Gasteiger partial charge < -0.3 is 16.0 Å². The number of rotatable bonds is 4. The van der Waals surface area contributed by atoms with Gasteiger partial charge in [-0.05, 0) is 38.5 Å². The third-order valence-electron chi connectivity index (χ3n) is 2.80. The zero-order valence-corrected chi connectivity index (χ0v) is 10.9. The lowest BCUT2D eigenvalue weighted by Crippen LogP contribution is -2.38. The number of anilines is 2. The number of hydrogen-bond acceptors (Lipinski definition) is 3. The fraction of sp³-hybridized carbons (Fsp3) is 0.462. The molecule has 0 aliphatic heterocycles. The van der Waals surface area contributed by atoms with Crippen molar-refractivity contribution in [1.82, 2.24) is 4.90 Å². The maximum atomic E-state index is 11.9. The van der Waals surface area contributed by atoms with E-state index in [1.165, 1.54) is 0 Å². The second-order valence-corrected chi connectivity index (χ2v) is 4.31. The largest absolute Gasteiger partial charge is 0.397 e. The summed E-state index contributed by atoms with van der Waals surface area (Å²) in [5.41, 5.74) is 8.48. The van der Waals surface area contributed by atoms with Crippen molar-refractivity contribution in [1.29, 1.82) is 0 Å². The molecule has 4 heteroatoms. The minimum absolute atomic E-state index is 0.0625. The third kappa shape index (κ3) is 3.37. The minimum atomic E-state index is -0.273. The van der Waals surface area contributed by atoms with Crippen LogP contribution in [-0.4, -0.2) is 30.4 Å². The lowest BCUT2D eigenvalue weighted by molar-refractivity contribution is -0.130. The molecular formula is C13H21N3O. The normalized spacial score (nSPS) is 12.0. The van der Waals surface area contributed by atoms with Gasteiger partial charge in [-0.3, -0.25) is 4.79 Å². The molecule has 0 spiro atoms. The summed E-state index contributed by atoms with van der Waals surface area (Å²) >= 11 is 0. The van der Waals surface area contributed by atoms with Gasteiger partial charge in [-0.25, -0.2) is 0 Å². The third-order valence-corrected chi connectivity index (χ3v) is 2.80. The smallest absolute Gasteiger partial charge is 0.244 e. The van der Waals surface area contributed by atoms with Crippen molar-refractivity contribution in [2.75, 3.05) is 24.6 Å². The molecule has 3 N–H and O–H groups in total. The number of likely N-dealkylation sites (N-methyl/N-ethyl adjacent to an activating group) is 1. The van der Waals surface area contributed by atoms with Crippen molar-refractivity contribution in [3.8, 4) is 0 Å². The van der Waals surface area contributed by atoms with Gasteiger partial charge in [0, 0.05) is 13.6 Å². The predicted octanol–water partition coefficient (Wildman–Crippen LogP) is 1.86. The Hall–Kier alpha value is -1.71. The van der Waals surface area contributed by atoms with E-state index in [1.807, 2.05) is 39.0 Å². The van der Waals surface area contributed by atoms with Gasteiger partial charge in [0.1, 0.15) is 6.04 Å². The molecule has 0 saturated heterocycles. The number of nitrogen functional groups attached to an aromatic ring is 1. The Morgan fingerprint density at radius 2 is 2.18 bits per heavy atom. The molecule has 1 atom stereocenters. The number of nitrogens with two attached hydrogens (primary N) is 1. The summed E-state index contributed by atoms with van der Waals surface area (Å²) in [6, 6.07) is 5.49. The number of nitrogens with zero attached hydrogens (tertiary/aromatic N) is 1. The Bertz CT molecular complexity index is 404. The Labute approximate surface area is 103 Å². The van der Waals surface area contributed by atoms with E-state index in [0.717, 1.165) is 11.3 Å². The van der Waals surface area contributed by atoms with E-state index >= 15 is 0 Å². The maximum Gasteiger partial charge on any atom is 0.244 e. The molecule has 0 fully saturated rings. The van der Waals surface area contributed by atoms with E-state index < -0.39 is 0 Å². The van der Waals surface area contributed by atoms with Crippen LogP contribution in [0.1, 0.15) is 19.4 Å². The quantitative estimate of drug-likeness (QED) is 0.783. The molecule has 1 aromatic carbocycles. The molecule has 4 nitrogen and oxygen atoms in total. The first-order chi connectivity index (χ1) is 7.95. The van der Waals surface area contributed by atoms with E-state index in [-0.39, 0.29) is 11.9 Å². The lowest BCUT2D eigenvalue weighted by atomic mass is 10.1. The Kier molecular flexibility index (Phi) is 4.37. The molecule has 1 aromatic rings. The highest BCUT2D eigenvalue weighted by molar-refractivity contribution is 5.85. The molecule has 0 aliphatic rings. The molecular weight excluding hydrogens is 214 g/mol. The number of aryl methyl sites for hydroxylation is 1. The SMILES string of the molecule is CCN(C)C(=O)C(C)Nc1ccc(C)cc1N. The number of hydrogen-bond donors (Lipinski definition) is 2. The molecule has 0 aliphatic carbocycles. The number of benzene rings is 1. The lowest BCUT2D eigenvalue weighted by Gasteiger charge is -2.22. The summed E-state index contributed by atoms with van der Waals surface area (Å²) in [4.78, 5) is 13.6. The van der Waals surface area contributed by atoms with Crippen molar-refractivity contribution in [2.45, 2.75) is 26.8 Å². The second-order valence-electron chi connectivity index (χ2n) is 4.31. The van der Waals surface area contributed by atoms with Crippen molar-refractivity contribution < 1.29 is 4.79 Å². The van der Waals surface area contributed by atoms with E-state index in [0.29, 0.717) is 12.2 Å². The second kappa shape index (κ2) is 5.57. The van der Waals surface area contributed by atoms with Crippen LogP contribution in [0.3, 0.4) is 0 Å². The van der Waals surface area contributed by atoms with Crippen LogP contribution in [0.2, 0.25) is 0 Å². The van der Waals surface area contributed by atoms with Crippen LogP contribution in [-0.2, 0) is 4.79 Å². The summed E-state index contributed by atoms with van der Waals surface area (Å²) < 4.78 is 0. The van der Waals surface area contributed by atoms with Gasteiger partial charge in [0.25, 0.3) is 0 Å². The van der Waals surface area contributed by atoms with E-state index in [9.17, 15) is 4.79 Å². The van der Waals surface area contributed by atoms with Gasteiger partial charge in [-0.1, -0.05) is 6.07 Å². The molecule has 1 unspecified atom stereocenters. The highest BCUT2D eigenvalue weighted by Crippen LogP contribution is 2.20. The fourth-order valence-corrected chi connectivity index (χ4v) is 1.60. The Morgan fingerprint density at radius 3 is 2.71 bits per heavy atom. The van der Waals surface area contributed by atoms with E-state index in [1.54, 1.807) is 11.9 Å². The van der Waals surface area contributed by atoms with Gasteiger partial charge in [0.15, 0.2) is 0 Å². The van der Waals surface area contributed by atoms with Crippen molar-refractivity contribution >= 4 is 17.3 Å². The van der Waals surface area contributed by atoms with Crippen molar-refractivity contribution in [3.05, 3.63) is 23.8 Å². The van der Waals surface area contributed by atoms with Gasteiger partial charge in [-0.2, -0.15) is 0 Å². The van der Waals surface area contributed by atoms with Gasteiger partial charge in [-0.15, -0.1) is 0 Å². The monoisotopic (exact) mass is 235 g/mol. The first-order valence-electron chi connectivity index (χ1n) is 5.83. The summed E-state index contributed by atoms with van der Waals surface area (Å²) in [7, 11) is 1.79. The van der Waals surface area contributed by atoms with E-state index in [4.69, 9.17) is 5.73 Å². The van der Waals surface area contributed by atoms with E-state index in [2.05, 4.69) is 5.32 Å². The molecule has 0 saturated carbocycles. The average molecular weight is 235 g/mol. The zero-order valence-electron chi connectivity index (χ0n) is 10.9. The van der Waals surface area contributed by atoms with Crippen LogP contribution >= 0.6 is 0 Å². The number of carbonyl (C=O) groups excluding carboxylic acids is 1. The van der Waals surface area contributed by atoms with Gasteiger partial charge >= 0.3 is 0 Å². The zero-order chi connectivity index (χ0) is 13.0. The Morgan fingerprint density at radius 1 is 1.53 bits per heavy atom. The molecule has 0 aromatic heterocycles. The van der Waals surface area contributed by atoms with Crippen LogP contribution in [0.5, 0.6) is 0 Å². The summed E-state index contributed by atoms with van der Waals surface area (Å²) in [5, 5.41) is 3.14. The first kappa shape index (κ1) is 13.4. The molecule has 0 radical (unpaired) electrons. The molecule has 1 rings (SSSR count). The van der Waals surface area contributed by atoms with Crippen LogP contribution in [0, 0.1) is 6.92 Å². The summed E-state index contributed by atoms with van der Waals surface area (Å²) in [6.45, 7) is 6.48. The van der Waals surface area contributed by atoms with Crippen LogP contribution < -0.4 is 11.1 Å². The molecule has 0 bridgehead atoms. The first-order valence-corrected chi connectivity index (χ1v) is 5.83. The topological polar surface area (TPSA) is 58.4 Å². The molecule has 0 heterocycles. The molecule has 17 heavy (non-hydrogen) atoms. The van der Waals surface area contributed by atoms with Crippen molar-refractivity contribution in [3.63, 3.8) is 0 Å². The minimum Gasteiger partial charge on any atom is -0.397 e. The maximum absolute atomic E-state index is 11.9. The number of carbonyl (C=O) groups is 1. The number of amides is 1. The van der Waals surface area contributed by atoms with Crippen LogP contribution in [0.25, 0.3) is 0 Å². The highest BCUT2D eigenvalue weighted by Gasteiger charge is 2.16. The fourth-order valence-electron chi connectivity index (χ4n) is 1.60. The van der Waals surface area contributed by atoms with Crippen molar-refractivity contribution in [2.24, 2.45) is 0 Å². The molecule has 1 amide bonds. The van der Waals surface area contributed by atoms with Crippen LogP contribution in [0.4, 0.5) is 11.4 Å².